The molecule has 1 aliphatic carbocycles. The van der Waals surface area contributed by atoms with Crippen LogP contribution in [-0.2, 0) is 10.0 Å². The van der Waals surface area contributed by atoms with Crippen molar-refractivity contribution in [1.82, 2.24) is 0 Å². The van der Waals surface area contributed by atoms with E-state index in [-0.39, 0.29) is 22.6 Å². The maximum atomic E-state index is 11.2. The highest BCUT2D eigenvalue weighted by atomic mass is 32.2. The molecule has 19 heavy (non-hydrogen) atoms. The Labute approximate surface area is 112 Å². The Morgan fingerprint density at radius 3 is 2.53 bits per heavy atom. The Kier molecular flexibility index (Phi) is 3.71. The Morgan fingerprint density at radius 2 is 2.05 bits per heavy atom. The molecule has 0 atom stereocenters. The number of sulfonamides is 1. The molecule has 1 fully saturated rings. The average molecular weight is 285 g/mol. The number of anilines is 2. The van der Waals surface area contributed by atoms with Crippen LogP contribution in [0.4, 0.5) is 11.4 Å². The van der Waals surface area contributed by atoms with Crippen LogP contribution in [0.1, 0.15) is 19.3 Å². The monoisotopic (exact) mass is 285 g/mol. The molecule has 0 spiro atoms. The molecule has 106 valence electrons. The van der Waals surface area contributed by atoms with Crippen LogP contribution in [0.25, 0.3) is 0 Å². The van der Waals surface area contributed by atoms with Gasteiger partial charge in [-0.15, -0.1) is 0 Å². The number of benzene rings is 1. The van der Waals surface area contributed by atoms with Crippen molar-refractivity contribution in [3.05, 3.63) is 18.2 Å². The molecular weight excluding hydrogens is 266 g/mol. The van der Waals surface area contributed by atoms with Crippen LogP contribution in [-0.4, -0.2) is 26.7 Å². The van der Waals surface area contributed by atoms with E-state index in [4.69, 9.17) is 16.0 Å². The maximum absolute atomic E-state index is 11.2. The van der Waals surface area contributed by atoms with E-state index in [1.165, 1.54) is 6.07 Å². The van der Waals surface area contributed by atoms with E-state index < -0.39 is 10.0 Å². The van der Waals surface area contributed by atoms with Crippen LogP contribution in [0.3, 0.4) is 0 Å². The van der Waals surface area contributed by atoms with Crippen LogP contribution >= 0.6 is 0 Å². The van der Waals surface area contributed by atoms with Gasteiger partial charge in [0.2, 0.25) is 10.0 Å². The van der Waals surface area contributed by atoms with E-state index in [1.54, 1.807) is 12.1 Å². The van der Waals surface area contributed by atoms with Gasteiger partial charge in [-0.2, -0.15) is 0 Å². The second-order valence-corrected chi connectivity index (χ2v) is 6.65. The molecule has 0 aliphatic heterocycles. The maximum Gasteiger partial charge on any atom is 0.240 e. The Morgan fingerprint density at radius 1 is 1.37 bits per heavy atom. The summed E-state index contributed by atoms with van der Waals surface area (Å²) in [5.74, 6) is 0. The van der Waals surface area contributed by atoms with Gasteiger partial charge in [-0.1, -0.05) is 0 Å². The normalized spacial score (nSPS) is 17.2. The van der Waals surface area contributed by atoms with Crippen LogP contribution in [0.5, 0.6) is 0 Å². The predicted octanol–water partition coefficient (Wildman–Crippen LogP) is 0.491. The summed E-state index contributed by atoms with van der Waals surface area (Å²) in [4.78, 5) is -0.0606. The molecule has 7 heteroatoms. The summed E-state index contributed by atoms with van der Waals surface area (Å²) in [5.41, 5.74) is 6.76. The first kappa shape index (κ1) is 14.1. The molecule has 0 amide bonds. The number of hydrogen-bond donors (Lipinski definition) is 4. The summed E-state index contributed by atoms with van der Waals surface area (Å²) in [6, 6.07) is 4.61. The number of primary sulfonamides is 1. The van der Waals surface area contributed by atoms with Gasteiger partial charge < -0.3 is 16.2 Å². The molecule has 1 aromatic carbocycles. The lowest BCUT2D eigenvalue weighted by Gasteiger charge is -2.16. The third-order valence-electron chi connectivity index (χ3n) is 3.58. The minimum absolute atomic E-state index is 0.0606. The molecule has 0 bridgehead atoms. The molecule has 0 unspecified atom stereocenters. The molecule has 0 aromatic heterocycles. The number of hydrogen-bond acceptors (Lipinski definition) is 5. The highest BCUT2D eigenvalue weighted by molar-refractivity contribution is 7.89. The molecular formula is C12H19N3O3S. The largest absolute Gasteiger partial charge is 0.398 e. The van der Waals surface area contributed by atoms with Crippen molar-refractivity contribution in [3.8, 4) is 0 Å². The molecule has 0 heterocycles. The van der Waals surface area contributed by atoms with Gasteiger partial charge in [0.05, 0.1) is 5.69 Å². The molecule has 0 saturated heterocycles. The van der Waals surface area contributed by atoms with E-state index in [2.05, 4.69) is 5.32 Å². The van der Waals surface area contributed by atoms with Crippen molar-refractivity contribution >= 4 is 21.4 Å². The summed E-state index contributed by atoms with van der Waals surface area (Å²) in [7, 11) is -3.78. The van der Waals surface area contributed by atoms with Gasteiger partial charge in [0.1, 0.15) is 4.90 Å². The minimum Gasteiger partial charge on any atom is -0.398 e. The molecule has 0 radical (unpaired) electrons. The van der Waals surface area contributed by atoms with Gasteiger partial charge in [0, 0.05) is 18.8 Å². The fraction of sp³-hybridized carbons (Fsp3) is 0.500. The fourth-order valence-corrected chi connectivity index (χ4v) is 2.78. The predicted molar refractivity (Wildman–Crippen MR) is 74.1 cm³/mol. The second-order valence-electron chi connectivity index (χ2n) is 5.12. The van der Waals surface area contributed by atoms with E-state index in [1.807, 2.05) is 0 Å². The second kappa shape index (κ2) is 4.99. The van der Waals surface area contributed by atoms with Crippen LogP contribution in [0, 0.1) is 5.41 Å². The Balaban J connectivity index is 2.05. The third-order valence-corrected chi connectivity index (χ3v) is 4.57. The van der Waals surface area contributed by atoms with E-state index in [9.17, 15) is 8.42 Å². The Bertz CT molecular complexity index is 568. The zero-order chi connectivity index (χ0) is 14.1. The fourth-order valence-electron chi connectivity index (χ4n) is 2.14. The van der Waals surface area contributed by atoms with Crippen molar-refractivity contribution in [1.29, 1.82) is 0 Å². The standard InChI is InChI=1S/C12H19N3O3S/c13-10-7-9(1-2-11(10)19(14,17)18)15-8-12(3-4-12)5-6-16/h1-2,7,15-16H,3-6,8,13H2,(H2,14,17,18). The lowest BCUT2D eigenvalue weighted by atomic mass is 10.0. The molecule has 1 aliphatic rings. The van der Waals surface area contributed by atoms with Gasteiger partial charge in [-0.25, -0.2) is 13.6 Å². The molecule has 6 nitrogen and oxygen atoms in total. The van der Waals surface area contributed by atoms with Gasteiger partial charge in [0.25, 0.3) is 0 Å². The number of aliphatic hydroxyl groups excluding tert-OH is 1. The minimum atomic E-state index is -3.78. The van der Waals surface area contributed by atoms with Crippen LogP contribution < -0.4 is 16.2 Å². The average Bonchev–Trinajstić information content (AvgIpc) is 3.06. The number of aliphatic hydroxyl groups is 1. The molecule has 1 aromatic rings. The first-order valence-corrected chi connectivity index (χ1v) is 7.68. The van der Waals surface area contributed by atoms with Crippen LogP contribution in [0.2, 0.25) is 0 Å². The number of nitrogens with two attached hydrogens (primary N) is 2. The smallest absolute Gasteiger partial charge is 0.240 e. The third kappa shape index (κ3) is 3.37. The van der Waals surface area contributed by atoms with E-state index in [0.29, 0.717) is 0 Å². The number of rotatable bonds is 6. The summed E-state index contributed by atoms with van der Waals surface area (Å²) < 4.78 is 22.5. The molecule has 6 N–H and O–H groups in total. The number of nitrogens with one attached hydrogen (secondary N) is 1. The zero-order valence-electron chi connectivity index (χ0n) is 10.6. The Hall–Kier alpha value is -1.31. The molecule has 1 saturated carbocycles. The first-order valence-electron chi connectivity index (χ1n) is 6.13. The van der Waals surface area contributed by atoms with Crippen LogP contribution in [0.15, 0.2) is 23.1 Å². The summed E-state index contributed by atoms with van der Waals surface area (Å²) in [6.45, 7) is 0.940. The van der Waals surface area contributed by atoms with Crippen molar-refractivity contribution < 1.29 is 13.5 Å². The van der Waals surface area contributed by atoms with Gasteiger partial charge >= 0.3 is 0 Å². The lowest BCUT2D eigenvalue weighted by molar-refractivity contribution is 0.253. The highest BCUT2D eigenvalue weighted by Gasteiger charge is 2.41. The lowest BCUT2D eigenvalue weighted by Crippen LogP contribution is -2.18. The first-order chi connectivity index (χ1) is 8.86. The van der Waals surface area contributed by atoms with Crippen molar-refractivity contribution in [3.63, 3.8) is 0 Å². The van der Waals surface area contributed by atoms with E-state index >= 15 is 0 Å². The van der Waals surface area contributed by atoms with Gasteiger partial charge in [0.15, 0.2) is 0 Å². The topological polar surface area (TPSA) is 118 Å². The SMILES string of the molecule is Nc1cc(NCC2(CCO)CC2)ccc1S(N)(=O)=O. The van der Waals surface area contributed by atoms with Gasteiger partial charge in [-0.3, -0.25) is 0 Å². The van der Waals surface area contributed by atoms with Gasteiger partial charge in [-0.05, 0) is 42.9 Å². The quantitative estimate of drug-likeness (QED) is 0.567. The highest BCUT2D eigenvalue weighted by Crippen LogP contribution is 2.48. The molecule has 2 rings (SSSR count). The zero-order valence-corrected chi connectivity index (χ0v) is 11.4. The van der Waals surface area contributed by atoms with Crippen molar-refractivity contribution in [2.75, 3.05) is 24.2 Å². The van der Waals surface area contributed by atoms with E-state index in [0.717, 1.165) is 31.5 Å². The number of nitrogen functional groups attached to an aromatic ring is 1. The summed E-state index contributed by atoms with van der Waals surface area (Å²) in [6.07, 6.45) is 2.99. The van der Waals surface area contributed by atoms with Crippen molar-refractivity contribution in [2.45, 2.75) is 24.2 Å². The van der Waals surface area contributed by atoms with Crippen molar-refractivity contribution in [2.24, 2.45) is 10.6 Å². The summed E-state index contributed by atoms with van der Waals surface area (Å²) in [5, 5.41) is 17.3. The summed E-state index contributed by atoms with van der Waals surface area (Å²) >= 11 is 0.